The summed E-state index contributed by atoms with van der Waals surface area (Å²) in [6.07, 6.45) is 11.8. The fourth-order valence-electron chi connectivity index (χ4n) is 4.57. The molecule has 0 fully saturated rings. The minimum absolute atomic E-state index is 0.0244. The summed E-state index contributed by atoms with van der Waals surface area (Å²) in [7, 11) is 0. The molecule has 0 radical (unpaired) electrons. The fourth-order valence-corrected chi connectivity index (χ4v) is 4.57. The number of hydrogen-bond acceptors (Lipinski definition) is 3. The van der Waals surface area contributed by atoms with E-state index in [-0.39, 0.29) is 6.61 Å². The number of aryl methyl sites for hydroxylation is 2. The molecule has 0 heterocycles. The molecular formula is C27H48O3. The third kappa shape index (κ3) is 6.72. The predicted octanol–water partition coefficient (Wildman–Crippen LogP) is 7.03. The molecule has 3 nitrogen and oxygen atoms in total. The Hall–Kier alpha value is -1.06. The Morgan fingerprint density at radius 2 is 1.33 bits per heavy atom. The van der Waals surface area contributed by atoms with Crippen LogP contribution in [0.3, 0.4) is 0 Å². The Bertz CT molecular complexity index is 605. The molecule has 1 aromatic carbocycles. The van der Waals surface area contributed by atoms with Crippen molar-refractivity contribution in [2.45, 2.75) is 124 Å². The van der Waals surface area contributed by atoms with Gasteiger partial charge >= 0.3 is 0 Å². The molecule has 3 heteroatoms. The van der Waals surface area contributed by atoms with Gasteiger partial charge in [-0.3, -0.25) is 0 Å². The summed E-state index contributed by atoms with van der Waals surface area (Å²) in [5.41, 5.74) is 3.52. The van der Waals surface area contributed by atoms with Crippen molar-refractivity contribution < 1.29 is 15.3 Å². The van der Waals surface area contributed by atoms with Crippen LogP contribution in [0.2, 0.25) is 0 Å². The zero-order valence-corrected chi connectivity index (χ0v) is 20.4. The van der Waals surface area contributed by atoms with Gasteiger partial charge in [-0.2, -0.15) is 0 Å². The number of phenols is 1. The third-order valence-electron chi connectivity index (χ3n) is 6.89. The van der Waals surface area contributed by atoms with Crippen molar-refractivity contribution in [1.29, 1.82) is 0 Å². The van der Waals surface area contributed by atoms with Crippen LogP contribution < -0.4 is 0 Å². The van der Waals surface area contributed by atoms with E-state index in [1.807, 2.05) is 0 Å². The van der Waals surface area contributed by atoms with Crippen LogP contribution in [0.1, 0.15) is 127 Å². The predicted molar refractivity (Wildman–Crippen MR) is 128 cm³/mol. The number of unbranched alkanes of at least 4 members (excludes halogenated alkanes) is 4. The molecular weight excluding hydrogens is 372 g/mol. The second kappa shape index (κ2) is 14.1. The first-order valence-electron chi connectivity index (χ1n) is 12.6. The molecule has 0 spiro atoms. The van der Waals surface area contributed by atoms with E-state index in [2.05, 4.69) is 40.7 Å². The molecule has 0 aromatic heterocycles. The fraction of sp³-hybridized carbons (Fsp3) is 0.778. The van der Waals surface area contributed by atoms with Gasteiger partial charge in [-0.1, -0.05) is 72.8 Å². The Labute approximate surface area is 185 Å². The highest BCUT2D eigenvalue weighted by Gasteiger charge is 2.39. The molecule has 0 saturated heterocycles. The van der Waals surface area contributed by atoms with E-state index in [0.29, 0.717) is 5.75 Å². The maximum atomic E-state index is 11.7. The van der Waals surface area contributed by atoms with Crippen LogP contribution in [0.5, 0.6) is 5.75 Å². The van der Waals surface area contributed by atoms with Crippen LogP contribution in [0.4, 0.5) is 0 Å². The van der Waals surface area contributed by atoms with Gasteiger partial charge in [0, 0.05) is 11.0 Å². The largest absolute Gasteiger partial charge is 0.507 e. The van der Waals surface area contributed by atoms with E-state index < -0.39 is 11.5 Å². The molecule has 30 heavy (non-hydrogen) atoms. The number of rotatable bonds is 16. The number of aliphatic hydroxyl groups is 2. The summed E-state index contributed by atoms with van der Waals surface area (Å²) in [4.78, 5) is 0. The standard InChI is InChI=1S/C27H48O3/c1-6-11-15-21-19-22(16-12-7-2)25(29)23(17-13-8-3)24(21)26(30)27(10-5,20-28)18-14-9-4/h19,26,28-30H,6-18,20H2,1-5H3. The highest BCUT2D eigenvalue weighted by Crippen LogP contribution is 2.46. The molecule has 0 aliphatic heterocycles. The lowest BCUT2D eigenvalue weighted by Gasteiger charge is -2.38. The number of hydrogen-bond donors (Lipinski definition) is 3. The molecule has 2 unspecified atom stereocenters. The van der Waals surface area contributed by atoms with Crippen LogP contribution in [0, 0.1) is 5.41 Å². The summed E-state index contributed by atoms with van der Waals surface area (Å²) >= 11 is 0. The van der Waals surface area contributed by atoms with Gasteiger partial charge in [0.15, 0.2) is 0 Å². The molecule has 2 atom stereocenters. The summed E-state index contributed by atoms with van der Waals surface area (Å²) in [5, 5.41) is 33.4. The van der Waals surface area contributed by atoms with Gasteiger partial charge in [0.2, 0.25) is 0 Å². The normalized spacial score (nSPS) is 14.6. The van der Waals surface area contributed by atoms with Gasteiger partial charge in [0.25, 0.3) is 0 Å². The van der Waals surface area contributed by atoms with Crippen LogP contribution in [-0.4, -0.2) is 21.9 Å². The Kier molecular flexibility index (Phi) is 12.7. The molecule has 0 aliphatic rings. The number of benzene rings is 1. The van der Waals surface area contributed by atoms with Gasteiger partial charge in [-0.15, -0.1) is 0 Å². The molecule has 174 valence electrons. The molecule has 0 aliphatic carbocycles. The lowest BCUT2D eigenvalue weighted by atomic mass is 9.70. The van der Waals surface area contributed by atoms with Gasteiger partial charge in [0.1, 0.15) is 5.75 Å². The average Bonchev–Trinajstić information content (AvgIpc) is 2.77. The van der Waals surface area contributed by atoms with Crippen LogP contribution in [-0.2, 0) is 19.3 Å². The lowest BCUT2D eigenvalue weighted by Crippen LogP contribution is -2.34. The van der Waals surface area contributed by atoms with E-state index in [0.717, 1.165) is 100 Å². The second-order valence-corrected chi connectivity index (χ2v) is 9.13. The minimum Gasteiger partial charge on any atom is -0.507 e. The maximum absolute atomic E-state index is 11.7. The number of aromatic hydroxyl groups is 1. The van der Waals surface area contributed by atoms with Crippen LogP contribution >= 0.6 is 0 Å². The summed E-state index contributed by atoms with van der Waals surface area (Å²) < 4.78 is 0. The Morgan fingerprint density at radius 3 is 1.83 bits per heavy atom. The molecule has 1 rings (SSSR count). The Balaban J connectivity index is 3.64. The SMILES string of the molecule is CCCCc1cc(CCCC)c(C(O)C(CC)(CO)CCCC)c(CCCC)c1O. The smallest absolute Gasteiger partial charge is 0.122 e. The minimum atomic E-state index is -0.746. The van der Waals surface area contributed by atoms with Crippen LogP contribution in [0.15, 0.2) is 6.07 Å². The highest BCUT2D eigenvalue weighted by molar-refractivity contribution is 5.52. The van der Waals surface area contributed by atoms with E-state index in [1.165, 1.54) is 5.56 Å². The topological polar surface area (TPSA) is 60.7 Å². The third-order valence-corrected chi connectivity index (χ3v) is 6.89. The first-order valence-corrected chi connectivity index (χ1v) is 12.6. The molecule has 3 N–H and O–H groups in total. The van der Waals surface area contributed by atoms with E-state index in [1.54, 1.807) is 0 Å². The monoisotopic (exact) mass is 420 g/mol. The van der Waals surface area contributed by atoms with Crippen molar-refractivity contribution in [1.82, 2.24) is 0 Å². The van der Waals surface area contributed by atoms with E-state index in [9.17, 15) is 15.3 Å². The molecule has 1 aromatic rings. The first kappa shape index (κ1) is 27.0. The van der Waals surface area contributed by atoms with Crippen molar-refractivity contribution in [3.63, 3.8) is 0 Å². The van der Waals surface area contributed by atoms with E-state index in [4.69, 9.17) is 0 Å². The summed E-state index contributed by atoms with van der Waals surface area (Å²) in [6, 6.07) is 2.16. The lowest BCUT2D eigenvalue weighted by molar-refractivity contribution is -0.0313. The number of phenolic OH excluding ortho intramolecular Hbond substituents is 1. The summed E-state index contributed by atoms with van der Waals surface area (Å²) in [6.45, 7) is 10.7. The van der Waals surface area contributed by atoms with Gasteiger partial charge in [0.05, 0.1) is 12.7 Å². The zero-order chi connectivity index (χ0) is 22.6. The van der Waals surface area contributed by atoms with Gasteiger partial charge in [-0.05, 0) is 68.1 Å². The first-order chi connectivity index (χ1) is 14.5. The van der Waals surface area contributed by atoms with Gasteiger partial charge in [-0.25, -0.2) is 0 Å². The van der Waals surface area contributed by atoms with Crippen molar-refractivity contribution >= 4 is 0 Å². The van der Waals surface area contributed by atoms with Crippen molar-refractivity contribution in [3.8, 4) is 5.75 Å². The average molecular weight is 421 g/mol. The maximum Gasteiger partial charge on any atom is 0.122 e. The number of aliphatic hydroxyl groups excluding tert-OH is 2. The second-order valence-electron chi connectivity index (χ2n) is 9.13. The van der Waals surface area contributed by atoms with Crippen molar-refractivity contribution in [2.24, 2.45) is 5.41 Å². The quantitative estimate of drug-likeness (QED) is 0.269. The van der Waals surface area contributed by atoms with Crippen molar-refractivity contribution in [2.75, 3.05) is 6.61 Å². The van der Waals surface area contributed by atoms with E-state index >= 15 is 0 Å². The molecule has 0 saturated carbocycles. The summed E-state index contributed by atoms with van der Waals surface area (Å²) in [5.74, 6) is 0.393. The Morgan fingerprint density at radius 1 is 0.800 bits per heavy atom. The van der Waals surface area contributed by atoms with Crippen molar-refractivity contribution in [3.05, 3.63) is 28.3 Å². The van der Waals surface area contributed by atoms with Gasteiger partial charge < -0.3 is 15.3 Å². The molecule has 0 bridgehead atoms. The van der Waals surface area contributed by atoms with Crippen LogP contribution in [0.25, 0.3) is 0 Å². The molecule has 0 amide bonds. The zero-order valence-electron chi connectivity index (χ0n) is 20.4. The highest BCUT2D eigenvalue weighted by atomic mass is 16.3.